The molecule has 240 valence electrons. The number of amides is 3. The van der Waals surface area contributed by atoms with Crippen LogP contribution in [0.5, 0.6) is 0 Å². The van der Waals surface area contributed by atoms with Crippen molar-refractivity contribution in [3.63, 3.8) is 0 Å². The minimum Gasteiger partial charge on any atom is -0.478 e. The molecule has 1 atom stereocenters. The fourth-order valence-corrected chi connectivity index (χ4v) is 6.15. The minimum absolute atomic E-state index is 0.0466. The summed E-state index contributed by atoms with van der Waals surface area (Å²) in [6.45, 7) is 0. The Kier molecular flexibility index (Phi) is 11.3. The molecule has 8 nitrogen and oxygen atoms in total. The molecule has 0 saturated heterocycles. The van der Waals surface area contributed by atoms with Crippen LogP contribution in [0.1, 0.15) is 37.1 Å². The van der Waals surface area contributed by atoms with Crippen LogP contribution in [0.4, 0.5) is 11.4 Å². The lowest BCUT2D eigenvalue weighted by Gasteiger charge is -2.18. The molecule has 0 spiro atoms. The van der Waals surface area contributed by atoms with Gasteiger partial charge in [0.05, 0.1) is 5.56 Å². The van der Waals surface area contributed by atoms with Gasteiger partial charge in [-0.25, -0.2) is 4.79 Å². The predicted octanol–water partition coefficient (Wildman–Crippen LogP) is 8.57. The molecule has 0 radical (unpaired) electrons. The van der Waals surface area contributed by atoms with Gasteiger partial charge in [-0.15, -0.1) is 11.8 Å². The lowest BCUT2D eigenvalue weighted by molar-refractivity contribution is -0.116. The van der Waals surface area contributed by atoms with Crippen molar-refractivity contribution < 1.29 is 24.3 Å². The van der Waals surface area contributed by atoms with Crippen LogP contribution in [0.25, 0.3) is 6.08 Å². The summed E-state index contributed by atoms with van der Waals surface area (Å²) in [6.07, 6.45) is 1.41. The fourth-order valence-electron chi connectivity index (χ4n) is 4.56. The first kappa shape index (κ1) is 34.0. The summed E-state index contributed by atoms with van der Waals surface area (Å²) in [4.78, 5) is 52.4. The number of thioether (sulfide) groups is 1. The van der Waals surface area contributed by atoms with Crippen LogP contribution in [0, 0.1) is 0 Å². The number of carbonyl (C=O) groups is 4. The number of carboxylic acid groups (broad SMARTS) is 1. The van der Waals surface area contributed by atoms with Crippen LogP contribution < -0.4 is 16.0 Å². The van der Waals surface area contributed by atoms with E-state index < -0.39 is 23.0 Å². The van der Waals surface area contributed by atoms with E-state index in [1.54, 1.807) is 84.9 Å². The fraction of sp³-hybridized carbons (Fsp3) is 0.0270. The monoisotopic (exact) mass is 695 g/mol. The Hall–Kier alpha value is -5.35. The maximum Gasteiger partial charge on any atom is 0.335 e. The smallest absolute Gasteiger partial charge is 0.335 e. The highest BCUT2D eigenvalue weighted by Crippen LogP contribution is 2.37. The number of anilines is 2. The van der Waals surface area contributed by atoms with E-state index in [4.69, 9.17) is 23.2 Å². The number of nitrogens with one attached hydrogen (secondary N) is 3. The largest absolute Gasteiger partial charge is 0.478 e. The Balaban J connectivity index is 1.40. The van der Waals surface area contributed by atoms with Crippen molar-refractivity contribution >= 4 is 76.1 Å². The van der Waals surface area contributed by atoms with Crippen molar-refractivity contribution in [1.29, 1.82) is 0 Å². The molecule has 0 aliphatic heterocycles. The van der Waals surface area contributed by atoms with Gasteiger partial charge in [-0.3, -0.25) is 14.4 Å². The summed E-state index contributed by atoms with van der Waals surface area (Å²) in [5, 5.41) is 17.5. The van der Waals surface area contributed by atoms with Crippen molar-refractivity contribution in [3.8, 4) is 0 Å². The summed E-state index contributed by atoms with van der Waals surface area (Å²) >= 11 is 14.0. The van der Waals surface area contributed by atoms with Gasteiger partial charge in [-0.1, -0.05) is 89.9 Å². The topological polar surface area (TPSA) is 125 Å². The van der Waals surface area contributed by atoms with Gasteiger partial charge in [-0.05, 0) is 72.3 Å². The van der Waals surface area contributed by atoms with Crippen LogP contribution in [0.3, 0.4) is 0 Å². The zero-order valence-corrected chi connectivity index (χ0v) is 27.4. The van der Waals surface area contributed by atoms with E-state index in [1.807, 2.05) is 30.3 Å². The van der Waals surface area contributed by atoms with Crippen LogP contribution in [-0.4, -0.2) is 28.8 Å². The molecule has 0 aliphatic rings. The molecule has 5 aromatic rings. The third kappa shape index (κ3) is 8.92. The molecule has 0 aromatic heterocycles. The van der Waals surface area contributed by atoms with Crippen LogP contribution in [0.15, 0.2) is 138 Å². The number of rotatable bonds is 11. The molecular formula is C37H27Cl2N3O5S. The number of aromatic carboxylic acids is 1. The molecular weight excluding hydrogens is 669 g/mol. The van der Waals surface area contributed by atoms with Gasteiger partial charge in [0.2, 0.25) is 5.91 Å². The molecule has 1 unspecified atom stereocenters. The Morgan fingerprint density at radius 1 is 0.667 bits per heavy atom. The molecule has 0 heterocycles. The second kappa shape index (κ2) is 16.0. The number of hydrogen-bond donors (Lipinski definition) is 4. The molecule has 5 rings (SSSR count). The zero-order valence-electron chi connectivity index (χ0n) is 25.0. The van der Waals surface area contributed by atoms with Gasteiger partial charge in [0.15, 0.2) is 0 Å². The number of benzene rings is 5. The molecule has 0 aliphatic carbocycles. The van der Waals surface area contributed by atoms with E-state index in [1.165, 1.54) is 30.0 Å². The highest BCUT2D eigenvalue weighted by molar-refractivity contribution is 8.00. The number of hydrogen-bond acceptors (Lipinski definition) is 5. The van der Waals surface area contributed by atoms with E-state index >= 15 is 0 Å². The van der Waals surface area contributed by atoms with Crippen molar-refractivity contribution in [2.45, 2.75) is 10.1 Å². The standard InChI is InChI=1S/C37H27Cl2N3O5S/c38-30-18-9-19-31(39)29(30)22-32(42-34(43)24-12-5-2-6-13-24)35(44)40-27-16-8-17-28(21-27)48-33(23-10-3-1-4-11-23)36(45)41-26-15-7-14-25(20-26)37(46)47/h1-22,33H,(H,40,44)(H,41,45)(H,42,43)(H,46,47)/b32-22+. The average Bonchev–Trinajstić information content (AvgIpc) is 3.09. The summed E-state index contributed by atoms with van der Waals surface area (Å²) in [6, 6.07) is 35.4. The quantitative estimate of drug-likeness (QED) is 0.0811. The van der Waals surface area contributed by atoms with Crippen LogP contribution in [0.2, 0.25) is 10.0 Å². The second-order valence-electron chi connectivity index (χ2n) is 10.3. The maximum atomic E-state index is 13.7. The lowest BCUT2D eigenvalue weighted by atomic mass is 10.1. The Labute approximate surface area is 290 Å². The molecule has 48 heavy (non-hydrogen) atoms. The van der Waals surface area contributed by atoms with Crippen molar-refractivity contribution in [3.05, 3.63) is 165 Å². The number of carboxylic acids is 1. The second-order valence-corrected chi connectivity index (χ2v) is 12.3. The van der Waals surface area contributed by atoms with E-state index in [0.29, 0.717) is 43.0 Å². The van der Waals surface area contributed by atoms with Gasteiger partial charge in [0.1, 0.15) is 10.9 Å². The normalized spacial score (nSPS) is 11.7. The highest BCUT2D eigenvalue weighted by Gasteiger charge is 2.23. The first-order valence-corrected chi connectivity index (χ1v) is 16.1. The average molecular weight is 697 g/mol. The molecule has 0 fully saturated rings. The van der Waals surface area contributed by atoms with Crippen LogP contribution >= 0.6 is 35.0 Å². The van der Waals surface area contributed by atoms with E-state index in [-0.39, 0.29) is 17.2 Å². The molecule has 5 aromatic carbocycles. The predicted molar refractivity (Wildman–Crippen MR) is 190 cm³/mol. The lowest BCUT2D eigenvalue weighted by Crippen LogP contribution is -2.30. The zero-order chi connectivity index (χ0) is 34.0. The van der Waals surface area contributed by atoms with Gasteiger partial charge < -0.3 is 21.1 Å². The molecule has 0 saturated carbocycles. The maximum absolute atomic E-state index is 13.7. The Bertz CT molecular complexity index is 1990. The first-order chi connectivity index (χ1) is 23.2. The minimum atomic E-state index is -1.11. The van der Waals surface area contributed by atoms with Crippen LogP contribution in [-0.2, 0) is 9.59 Å². The summed E-state index contributed by atoms with van der Waals surface area (Å²) < 4.78 is 0. The molecule has 3 amide bonds. The Morgan fingerprint density at radius 2 is 1.25 bits per heavy atom. The van der Waals surface area contributed by atoms with E-state index in [0.717, 1.165) is 0 Å². The molecule has 0 bridgehead atoms. The van der Waals surface area contributed by atoms with E-state index in [2.05, 4.69) is 16.0 Å². The van der Waals surface area contributed by atoms with Gasteiger partial charge >= 0.3 is 5.97 Å². The SMILES string of the molecule is O=C(Nc1cccc(SC(C(=O)Nc2cccc(C(=O)O)c2)c2ccccc2)c1)/C(=C\c1c(Cl)cccc1Cl)NC(=O)c1ccccc1. The number of halogens is 2. The van der Waals surface area contributed by atoms with Crippen molar-refractivity contribution in [2.75, 3.05) is 10.6 Å². The van der Waals surface area contributed by atoms with Crippen molar-refractivity contribution in [2.24, 2.45) is 0 Å². The number of carbonyl (C=O) groups excluding carboxylic acids is 3. The van der Waals surface area contributed by atoms with Crippen molar-refractivity contribution in [1.82, 2.24) is 5.32 Å². The molecule has 4 N–H and O–H groups in total. The third-order valence-electron chi connectivity index (χ3n) is 6.88. The third-order valence-corrected chi connectivity index (χ3v) is 8.79. The molecule has 11 heteroatoms. The summed E-state index contributed by atoms with van der Waals surface area (Å²) in [7, 11) is 0. The van der Waals surface area contributed by atoms with Gasteiger partial charge in [0, 0.05) is 37.4 Å². The first-order valence-electron chi connectivity index (χ1n) is 14.5. The summed E-state index contributed by atoms with van der Waals surface area (Å²) in [5.74, 6) is -2.61. The summed E-state index contributed by atoms with van der Waals surface area (Å²) in [5.41, 5.74) is 2.12. The van der Waals surface area contributed by atoms with Gasteiger partial charge in [0.25, 0.3) is 11.8 Å². The Morgan fingerprint density at radius 3 is 1.92 bits per heavy atom. The highest BCUT2D eigenvalue weighted by atomic mass is 35.5. The van der Waals surface area contributed by atoms with Gasteiger partial charge in [-0.2, -0.15) is 0 Å². The van der Waals surface area contributed by atoms with E-state index in [9.17, 15) is 24.3 Å².